The quantitative estimate of drug-likeness (QED) is 0.846. The van der Waals surface area contributed by atoms with E-state index in [9.17, 15) is 0 Å². The Labute approximate surface area is 112 Å². The van der Waals surface area contributed by atoms with E-state index in [1.54, 1.807) is 0 Å². The van der Waals surface area contributed by atoms with E-state index in [4.69, 9.17) is 0 Å². The Hall–Kier alpha value is 0.140. The molecule has 16 heavy (non-hydrogen) atoms. The van der Waals surface area contributed by atoms with Gasteiger partial charge in [-0.15, -0.1) is 11.3 Å². The summed E-state index contributed by atoms with van der Waals surface area (Å²) in [4.78, 5) is 1.47. The molecule has 1 N–H and O–H groups in total. The third kappa shape index (κ3) is 4.56. The van der Waals surface area contributed by atoms with Crippen molar-refractivity contribution in [1.29, 1.82) is 0 Å². The van der Waals surface area contributed by atoms with Gasteiger partial charge in [0.15, 0.2) is 0 Å². The van der Waals surface area contributed by atoms with Gasteiger partial charge in [0, 0.05) is 10.9 Å². The molecule has 0 spiro atoms. The summed E-state index contributed by atoms with van der Waals surface area (Å²) in [6.07, 6.45) is 2.38. The highest BCUT2D eigenvalue weighted by molar-refractivity contribution is 9.11. The monoisotopic (exact) mass is 303 g/mol. The molecule has 1 aromatic rings. The maximum atomic E-state index is 3.59. The van der Waals surface area contributed by atoms with Gasteiger partial charge in [-0.3, -0.25) is 0 Å². The fourth-order valence-corrected chi connectivity index (χ4v) is 3.36. The number of halogens is 1. The lowest BCUT2D eigenvalue weighted by molar-refractivity contribution is 0.259. The third-order valence-electron chi connectivity index (χ3n) is 2.80. The summed E-state index contributed by atoms with van der Waals surface area (Å²) >= 11 is 5.36. The fourth-order valence-electron chi connectivity index (χ4n) is 1.86. The first-order chi connectivity index (χ1) is 7.43. The predicted molar refractivity (Wildman–Crippen MR) is 77.3 cm³/mol. The molecule has 0 aliphatic heterocycles. The van der Waals surface area contributed by atoms with Crippen molar-refractivity contribution in [2.75, 3.05) is 6.54 Å². The molecule has 0 bridgehead atoms. The number of hydrogen-bond donors (Lipinski definition) is 1. The van der Waals surface area contributed by atoms with Crippen LogP contribution in [0.2, 0.25) is 0 Å². The van der Waals surface area contributed by atoms with Gasteiger partial charge < -0.3 is 5.32 Å². The number of nitrogens with one attached hydrogen (secondary N) is 1. The molecule has 0 fully saturated rings. The van der Waals surface area contributed by atoms with Crippen LogP contribution < -0.4 is 5.32 Å². The lowest BCUT2D eigenvalue weighted by Crippen LogP contribution is -2.40. The molecule has 3 heteroatoms. The zero-order chi connectivity index (χ0) is 12.2. The van der Waals surface area contributed by atoms with E-state index in [-0.39, 0.29) is 0 Å². The lowest BCUT2D eigenvalue weighted by Gasteiger charge is -2.31. The van der Waals surface area contributed by atoms with Gasteiger partial charge in [0.25, 0.3) is 0 Å². The molecule has 1 heterocycles. The number of aryl methyl sites for hydroxylation is 1. The Morgan fingerprint density at radius 3 is 2.50 bits per heavy atom. The standard InChI is InChI=1S/C13H22BrNS/c1-5-15-11(13(2,3)4)8-6-10-7-9-12(14)16-10/h7,9,11,15H,5-6,8H2,1-4H3. The molecule has 1 rings (SSSR count). The SMILES string of the molecule is CCNC(CCc1ccc(Br)s1)C(C)(C)C. The molecule has 1 aromatic heterocycles. The van der Waals surface area contributed by atoms with E-state index in [0.29, 0.717) is 11.5 Å². The number of rotatable bonds is 5. The average molecular weight is 304 g/mol. The fraction of sp³-hybridized carbons (Fsp3) is 0.692. The largest absolute Gasteiger partial charge is 0.314 e. The van der Waals surface area contributed by atoms with Crippen LogP contribution in [-0.2, 0) is 6.42 Å². The van der Waals surface area contributed by atoms with Gasteiger partial charge in [0.1, 0.15) is 0 Å². The van der Waals surface area contributed by atoms with Crippen LogP contribution in [0.25, 0.3) is 0 Å². The Kier molecular flexibility index (Phi) is 5.48. The first kappa shape index (κ1) is 14.2. The van der Waals surface area contributed by atoms with Crippen molar-refractivity contribution in [2.45, 2.75) is 46.6 Å². The minimum Gasteiger partial charge on any atom is -0.314 e. The number of thiophene rings is 1. The van der Waals surface area contributed by atoms with Gasteiger partial charge in [0.2, 0.25) is 0 Å². The van der Waals surface area contributed by atoms with E-state index in [1.165, 1.54) is 21.5 Å². The highest BCUT2D eigenvalue weighted by Gasteiger charge is 2.23. The van der Waals surface area contributed by atoms with Crippen molar-refractivity contribution in [2.24, 2.45) is 5.41 Å². The van der Waals surface area contributed by atoms with Crippen LogP contribution >= 0.6 is 27.3 Å². The summed E-state index contributed by atoms with van der Waals surface area (Å²) in [5.74, 6) is 0. The Bertz CT molecular complexity index is 314. The molecule has 1 unspecified atom stereocenters. The average Bonchev–Trinajstić information content (AvgIpc) is 2.57. The number of hydrogen-bond acceptors (Lipinski definition) is 2. The maximum absolute atomic E-state index is 3.59. The maximum Gasteiger partial charge on any atom is 0.0701 e. The summed E-state index contributed by atoms with van der Waals surface area (Å²) in [7, 11) is 0. The zero-order valence-electron chi connectivity index (χ0n) is 10.6. The summed E-state index contributed by atoms with van der Waals surface area (Å²) in [6.45, 7) is 10.2. The molecule has 92 valence electrons. The molecule has 0 saturated carbocycles. The van der Waals surface area contributed by atoms with Crippen LogP contribution in [0.4, 0.5) is 0 Å². The second kappa shape index (κ2) is 6.18. The van der Waals surface area contributed by atoms with Crippen molar-refractivity contribution in [3.05, 3.63) is 20.8 Å². The second-order valence-electron chi connectivity index (χ2n) is 5.22. The molecular weight excluding hydrogens is 282 g/mol. The molecule has 0 amide bonds. The minimum atomic E-state index is 0.338. The van der Waals surface area contributed by atoms with Crippen molar-refractivity contribution < 1.29 is 0 Å². The molecule has 0 saturated heterocycles. The molecule has 0 aliphatic carbocycles. The topological polar surface area (TPSA) is 12.0 Å². The highest BCUT2D eigenvalue weighted by Crippen LogP contribution is 2.27. The zero-order valence-corrected chi connectivity index (χ0v) is 13.0. The van der Waals surface area contributed by atoms with E-state index in [0.717, 1.165) is 6.54 Å². The van der Waals surface area contributed by atoms with E-state index in [1.807, 2.05) is 11.3 Å². The molecule has 0 radical (unpaired) electrons. The van der Waals surface area contributed by atoms with Crippen molar-refractivity contribution >= 4 is 27.3 Å². The summed E-state index contributed by atoms with van der Waals surface area (Å²) in [5.41, 5.74) is 0.338. The van der Waals surface area contributed by atoms with Gasteiger partial charge >= 0.3 is 0 Å². The Morgan fingerprint density at radius 2 is 2.06 bits per heavy atom. The predicted octanol–water partition coefficient (Wildman–Crippen LogP) is 4.47. The van der Waals surface area contributed by atoms with Crippen LogP contribution in [0.5, 0.6) is 0 Å². The van der Waals surface area contributed by atoms with E-state index < -0.39 is 0 Å². The van der Waals surface area contributed by atoms with Gasteiger partial charge in [-0.1, -0.05) is 27.7 Å². The van der Waals surface area contributed by atoms with Crippen LogP contribution in [0.15, 0.2) is 15.9 Å². The van der Waals surface area contributed by atoms with E-state index >= 15 is 0 Å². The first-order valence-electron chi connectivity index (χ1n) is 5.91. The molecule has 1 atom stereocenters. The van der Waals surface area contributed by atoms with Crippen molar-refractivity contribution in [3.8, 4) is 0 Å². The Balaban J connectivity index is 2.50. The molecule has 0 aromatic carbocycles. The van der Waals surface area contributed by atoms with E-state index in [2.05, 4.69) is 61.1 Å². The minimum absolute atomic E-state index is 0.338. The highest BCUT2D eigenvalue weighted by atomic mass is 79.9. The van der Waals surface area contributed by atoms with Gasteiger partial charge in [-0.05, 0) is 52.9 Å². The van der Waals surface area contributed by atoms with Gasteiger partial charge in [-0.2, -0.15) is 0 Å². The van der Waals surface area contributed by atoms with Crippen LogP contribution in [0.3, 0.4) is 0 Å². The molecule has 0 aliphatic rings. The van der Waals surface area contributed by atoms with Crippen molar-refractivity contribution in [1.82, 2.24) is 5.32 Å². The van der Waals surface area contributed by atoms with Gasteiger partial charge in [-0.25, -0.2) is 0 Å². The normalized spacial score (nSPS) is 14.1. The lowest BCUT2D eigenvalue weighted by atomic mass is 9.84. The first-order valence-corrected chi connectivity index (χ1v) is 7.52. The summed E-state index contributed by atoms with van der Waals surface area (Å²) in [6, 6.07) is 4.96. The van der Waals surface area contributed by atoms with Gasteiger partial charge in [0.05, 0.1) is 3.79 Å². The van der Waals surface area contributed by atoms with Crippen LogP contribution in [0, 0.1) is 5.41 Å². The van der Waals surface area contributed by atoms with Crippen LogP contribution in [-0.4, -0.2) is 12.6 Å². The molecular formula is C13H22BrNS. The summed E-state index contributed by atoms with van der Waals surface area (Å²) in [5, 5.41) is 3.59. The Morgan fingerprint density at radius 1 is 1.38 bits per heavy atom. The van der Waals surface area contributed by atoms with Crippen LogP contribution in [0.1, 0.15) is 39.0 Å². The van der Waals surface area contributed by atoms with Crippen molar-refractivity contribution in [3.63, 3.8) is 0 Å². The summed E-state index contributed by atoms with van der Waals surface area (Å²) < 4.78 is 1.23. The molecule has 1 nitrogen and oxygen atoms in total. The smallest absolute Gasteiger partial charge is 0.0701 e. The third-order valence-corrected chi connectivity index (χ3v) is 4.49. The second-order valence-corrected chi connectivity index (χ2v) is 7.77.